The van der Waals surface area contributed by atoms with Crippen molar-refractivity contribution in [3.8, 4) is 11.5 Å². The predicted octanol–water partition coefficient (Wildman–Crippen LogP) is 4.78. The van der Waals surface area contributed by atoms with Gasteiger partial charge in [-0.2, -0.15) is 0 Å². The molecule has 0 bridgehead atoms. The zero-order valence-corrected chi connectivity index (χ0v) is 16.0. The molecule has 0 saturated carbocycles. The molecule has 1 heterocycles. The minimum atomic E-state index is -0.696. The summed E-state index contributed by atoms with van der Waals surface area (Å²) < 4.78 is 38.4. The number of aryl methyl sites for hydroxylation is 2. The number of hydrogen-bond donors (Lipinski definition) is 1. The second-order valence-electron chi connectivity index (χ2n) is 6.06. The summed E-state index contributed by atoms with van der Waals surface area (Å²) in [6.45, 7) is 3.68. The quantitative estimate of drug-likeness (QED) is 0.484. The van der Waals surface area contributed by atoms with Gasteiger partial charge >= 0.3 is 0 Å². The van der Waals surface area contributed by atoms with Crippen LogP contribution in [0.1, 0.15) is 18.9 Å². The van der Waals surface area contributed by atoms with E-state index in [4.69, 9.17) is 4.74 Å². The molecule has 2 aromatic carbocycles. The van der Waals surface area contributed by atoms with Crippen molar-refractivity contribution in [2.24, 2.45) is 7.05 Å². The van der Waals surface area contributed by atoms with E-state index in [9.17, 15) is 13.6 Å². The second kappa shape index (κ2) is 7.96. The molecule has 0 atom stereocenters. The molecule has 1 aromatic heterocycles. The van der Waals surface area contributed by atoms with Gasteiger partial charge in [-0.3, -0.25) is 4.79 Å². The Kier molecular flexibility index (Phi) is 5.65. The fourth-order valence-corrected chi connectivity index (χ4v) is 3.22. The standard InChI is InChI=1S/C19H19F2N3O2S/c1-4-7-27-23-14-8-12(20)9-16(18(14)21)26-15-6-5-13-17(11(15)2)19(25)24(3)10-22-13/h5-6,8-10,23H,4,7H2,1-3H3. The van der Waals surface area contributed by atoms with Crippen LogP contribution < -0.4 is 15.0 Å². The third-order valence-corrected chi connectivity index (χ3v) is 4.99. The van der Waals surface area contributed by atoms with Crippen molar-refractivity contribution in [1.29, 1.82) is 0 Å². The van der Waals surface area contributed by atoms with Crippen LogP contribution in [0.15, 0.2) is 35.4 Å². The van der Waals surface area contributed by atoms with Crippen molar-refractivity contribution in [3.63, 3.8) is 0 Å². The van der Waals surface area contributed by atoms with E-state index >= 15 is 0 Å². The molecule has 0 unspecified atom stereocenters. The first-order chi connectivity index (χ1) is 12.9. The number of nitrogens with one attached hydrogen (secondary N) is 1. The lowest BCUT2D eigenvalue weighted by molar-refractivity contribution is 0.436. The highest BCUT2D eigenvalue weighted by Crippen LogP contribution is 2.34. The molecule has 5 nitrogen and oxygen atoms in total. The van der Waals surface area contributed by atoms with Crippen LogP contribution in [0.5, 0.6) is 11.5 Å². The summed E-state index contributed by atoms with van der Waals surface area (Å²) in [5.74, 6) is -0.547. The number of benzene rings is 2. The number of aromatic nitrogens is 2. The van der Waals surface area contributed by atoms with Gasteiger partial charge in [0.2, 0.25) is 0 Å². The van der Waals surface area contributed by atoms with Crippen molar-refractivity contribution >= 4 is 28.5 Å². The van der Waals surface area contributed by atoms with Crippen molar-refractivity contribution < 1.29 is 13.5 Å². The largest absolute Gasteiger partial charge is 0.454 e. The Labute approximate surface area is 159 Å². The van der Waals surface area contributed by atoms with Crippen LogP contribution >= 0.6 is 11.9 Å². The Morgan fingerprint density at radius 2 is 2.04 bits per heavy atom. The van der Waals surface area contributed by atoms with Crippen LogP contribution in [0, 0.1) is 18.6 Å². The topological polar surface area (TPSA) is 56.1 Å². The Morgan fingerprint density at radius 3 is 2.78 bits per heavy atom. The lowest BCUT2D eigenvalue weighted by Gasteiger charge is -2.14. The van der Waals surface area contributed by atoms with Gasteiger partial charge in [0.25, 0.3) is 5.56 Å². The summed E-state index contributed by atoms with van der Waals surface area (Å²) in [5, 5.41) is 0.381. The van der Waals surface area contributed by atoms with Crippen molar-refractivity contribution in [2.45, 2.75) is 20.3 Å². The van der Waals surface area contributed by atoms with Gasteiger partial charge in [-0.15, -0.1) is 0 Å². The van der Waals surface area contributed by atoms with Crippen LogP contribution in [-0.4, -0.2) is 15.3 Å². The van der Waals surface area contributed by atoms with Crippen molar-refractivity contribution in [3.05, 3.63) is 58.1 Å². The van der Waals surface area contributed by atoms with Crippen LogP contribution in [0.25, 0.3) is 10.9 Å². The number of hydrogen-bond acceptors (Lipinski definition) is 5. The average molecular weight is 391 g/mol. The van der Waals surface area contributed by atoms with Gasteiger partial charge in [0.05, 0.1) is 22.9 Å². The molecule has 0 aliphatic heterocycles. The molecule has 0 saturated heterocycles. The molecule has 0 aliphatic rings. The first-order valence-corrected chi connectivity index (χ1v) is 9.40. The number of anilines is 1. The summed E-state index contributed by atoms with van der Waals surface area (Å²) in [6, 6.07) is 5.27. The van der Waals surface area contributed by atoms with Crippen LogP contribution in [0.4, 0.5) is 14.5 Å². The monoisotopic (exact) mass is 391 g/mol. The zero-order valence-electron chi connectivity index (χ0n) is 15.2. The predicted molar refractivity (Wildman–Crippen MR) is 105 cm³/mol. The molecule has 1 N–H and O–H groups in total. The summed E-state index contributed by atoms with van der Waals surface area (Å²) >= 11 is 1.29. The van der Waals surface area contributed by atoms with Crippen molar-refractivity contribution in [2.75, 3.05) is 10.5 Å². The van der Waals surface area contributed by atoms with Gasteiger partial charge in [-0.25, -0.2) is 13.8 Å². The van der Waals surface area contributed by atoms with Gasteiger partial charge in [0.15, 0.2) is 11.6 Å². The summed E-state index contributed by atoms with van der Waals surface area (Å²) in [5.41, 5.74) is 0.807. The highest BCUT2D eigenvalue weighted by atomic mass is 32.2. The third-order valence-electron chi connectivity index (χ3n) is 4.01. The average Bonchev–Trinajstić information content (AvgIpc) is 2.64. The molecule has 142 valence electrons. The van der Waals surface area contributed by atoms with Gasteiger partial charge < -0.3 is 14.0 Å². The Hall–Kier alpha value is -2.61. The summed E-state index contributed by atoms with van der Waals surface area (Å²) in [7, 11) is 1.60. The van der Waals surface area contributed by atoms with E-state index in [1.807, 2.05) is 6.92 Å². The Morgan fingerprint density at radius 1 is 1.26 bits per heavy atom. The third kappa shape index (κ3) is 3.90. The number of rotatable bonds is 6. The van der Waals surface area contributed by atoms with Gasteiger partial charge in [0.1, 0.15) is 11.6 Å². The lowest BCUT2D eigenvalue weighted by atomic mass is 10.1. The SMILES string of the molecule is CCCSNc1cc(F)cc(Oc2ccc3ncn(C)c(=O)c3c2C)c1F. The Balaban J connectivity index is 2.01. The molecule has 0 spiro atoms. The fraction of sp³-hybridized carbons (Fsp3) is 0.263. The van der Waals surface area contributed by atoms with E-state index in [0.717, 1.165) is 24.3 Å². The summed E-state index contributed by atoms with van der Waals surface area (Å²) in [6.07, 6.45) is 2.33. The molecule has 3 rings (SSSR count). The molecule has 0 amide bonds. The fourth-order valence-electron chi connectivity index (χ4n) is 2.61. The molecule has 8 heteroatoms. The molecular weight excluding hydrogens is 372 g/mol. The van der Waals surface area contributed by atoms with Crippen LogP contribution in [-0.2, 0) is 7.05 Å². The highest BCUT2D eigenvalue weighted by Gasteiger charge is 2.16. The lowest BCUT2D eigenvalue weighted by Crippen LogP contribution is -2.18. The van der Waals surface area contributed by atoms with E-state index in [-0.39, 0.29) is 22.7 Å². The van der Waals surface area contributed by atoms with Gasteiger partial charge in [0, 0.05) is 30.5 Å². The Bertz CT molecular complexity index is 1050. The minimum absolute atomic E-state index is 0.0134. The number of nitrogens with zero attached hydrogens (tertiary/aromatic N) is 2. The van der Waals surface area contributed by atoms with E-state index < -0.39 is 11.6 Å². The zero-order chi connectivity index (χ0) is 19.6. The van der Waals surface area contributed by atoms with Gasteiger partial charge in [-0.1, -0.05) is 18.9 Å². The number of fused-ring (bicyclic) bond motifs is 1. The summed E-state index contributed by atoms with van der Waals surface area (Å²) in [4.78, 5) is 16.6. The normalized spacial score (nSPS) is 11.0. The number of ether oxygens (including phenoxy) is 1. The van der Waals surface area contributed by atoms with Crippen LogP contribution in [0.2, 0.25) is 0 Å². The second-order valence-corrected chi connectivity index (χ2v) is 6.96. The van der Waals surface area contributed by atoms with E-state index in [1.165, 1.54) is 22.8 Å². The molecule has 3 aromatic rings. The van der Waals surface area contributed by atoms with Crippen molar-refractivity contribution in [1.82, 2.24) is 9.55 Å². The van der Waals surface area contributed by atoms with E-state index in [0.29, 0.717) is 16.5 Å². The molecule has 0 radical (unpaired) electrons. The molecular formula is C19H19F2N3O2S. The van der Waals surface area contributed by atoms with E-state index in [2.05, 4.69) is 9.71 Å². The maximum atomic E-state index is 14.7. The smallest absolute Gasteiger partial charge is 0.261 e. The van der Waals surface area contributed by atoms with Gasteiger partial charge in [-0.05, 0) is 25.5 Å². The molecule has 27 heavy (non-hydrogen) atoms. The highest BCUT2D eigenvalue weighted by molar-refractivity contribution is 8.00. The molecule has 0 aliphatic carbocycles. The van der Waals surface area contributed by atoms with Crippen LogP contribution in [0.3, 0.4) is 0 Å². The maximum Gasteiger partial charge on any atom is 0.261 e. The maximum absolute atomic E-state index is 14.7. The first-order valence-electron chi connectivity index (χ1n) is 8.42. The minimum Gasteiger partial charge on any atom is -0.454 e. The molecule has 0 fully saturated rings. The number of halogens is 2. The first kappa shape index (κ1) is 19.2. The van der Waals surface area contributed by atoms with E-state index in [1.54, 1.807) is 26.1 Å².